The first-order chi connectivity index (χ1) is 9.41. The first-order valence-corrected chi connectivity index (χ1v) is 8.15. The second-order valence-corrected chi connectivity index (χ2v) is 7.09. The number of carboxylic acid groups (broad SMARTS) is 1. The predicted octanol–water partition coefficient (Wildman–Crippen LogP) is 2.01. The van der Waals surface area contributed by atoms with E-state index in [1.807, 2.05) is 13.0 Å². The Morgan fingerprint density at radius 3 is 2.55 bits per heavy atom. The Kier molecular flexibility index (Phi) is 4.45. The van der Waals surface area contributed by atoms with Crippen LogP contribution in [0.1, 0.15) is 31.2 Å². The van der Waals surface area contributed by atoms with Crippen LogP contribution in [0.5, 0.6) is 0 Å². The molecule has 6 heteroatoms. The van der Waals surface area contributed by atoms with Crippen LogP contribution in [0.2, 0.25) is 0 Å². The molecule has 1 fully saturated rings. The summed E-state index contributed by atoms with van der Waals surface area (Å²) in [6.45, 7) is 1.34. The summed E-state index contributed by atoms with van der Waals surface area (Å²) in [5.41, 5.74) is 0.841. The molecule has 1 aliphatic carbocycles. The molecule has 2 rings (SSSR count). The average molecular weight is 297 g/mol. The van der Waals surface area contributed by atoms with Crippen LogP contribution in [-0.4, -0.2) is 36.4 Å². The third kappa shape index (κ3) is 3.19. The van der Waals surface area contributed by atoms with Gasteiger partial charge in [-0.15, -0.1) is 0 Å². The molecule has 0 spiro atoms. The van der Waals surface area contributed by atoms with Crippen molar-refractivity contribution in [3.05, 3.63) is 29.8 Å². The van der Waals surface area contributed by atoms with Crippen molar-refractivity contribution in [1.29, 1.82) is 0 Å². The first kappa shape index (κ1) is 15.0. The molecular formula is C14H19NO4S. The molecule has 1 N–H and O–H groups in total. The minimum absolute atomic E-state index is 0.172. The highest BCUT2D eigenvalue weighted by atomic mass is 32.2. The Morgan fingerprint density at radius 1 is 1.35 bits per heavy atom. The van der Waals surface area contributed by atoms with Crippen LogP contribution in [-0.2, 0) is 14.8 Å². The Labute approximate surface area is 119 Å². The van der Waals surface area contributed by atoms with E-state index in [0.29, 0.717) is 0 Å². The lowest BCUT2D eigenvalue weighted by Gasteiger charge is -2.26. The maximum Gasteiger partial charge on any atom is 0.318 e. The van der Waals surface area contributed by atoms with Gasteiger partial charge in [-0.2, -0.15) is 4.31 Å². The molecule has 1 aromatic carbocycles. The number of hydrogen-bond acceptors (Lipinski definition) is 3. The van der Waals surface area contributed by atoms with Crippen molar-refractivity contribution < 1.29 is 18.3 Å². The highest BCUT2D eigenvalue weighted by Crippen LogP contribution is 2.28. The van der Waals surface area contributed by atoms with Gasteiger partial charge in [-0.1, -0.05) is 25.0 Å². The topological polar surface area (TPSA) is 74.7 Å². The molecule has 0 radical (unpaired) electrons. The summed E-state index contributed by atoms with van der Waals surface area (Å²) < 4.78 is 26.5. The van der Waals surface area contributed by atoms with E-state index in [1.54, 1.807) is 12.1 Å². The second kappa shape index (κ2) is 5.93. The number of benzene rings is 1. The zero-order valence-electron chi connectivity index (χ0n) is 11.4. The fraction of sp³-hybridized carbons (Fsp3) is 0.500. The number of aliphatic carboxylic acids is 1. The minimum Gasteiger partial charge on any atom is -0.480 e. The molecule has 1 aliphatic rings. The first-order valence-electron chi connectivity index (χ1n) is 6.71. The quantitative estimate of drug-likeness (QED) is 0.902. The van der Waals surface area contributed by atoms with E-state index in [-0.39, 0.29) is 10.9 Å². The van der Waals surface area contributed by atoms with Crippen LogP contribution >= 0.6 is 0 Å². The summed E-state index contributed by atoms with van der Waals surface area (Å²) in [6, 6.07) is 6.40. The van der Waals surface area contributed by atoms with Crippen LogP contribution in [0.4, 0.5) is 0 Å². The third-order valence-electron chi connectivity index (χ3n) is 3.62. The van der Waals surface area contributed by atoms with Crippen LogP contribution in [0.15, 0.2) is 29.2 Å². The van der Waals surface area contributed by atoms with Crippen molar-refractivity contribution in [3.63, 3.8) is 0 Å². The molecule has 1 aromatic rings. The number of hydrogen-bond donors (Lipinski definition) is 1. The maximum atomic E-state index is 12.7. The summed E-state index contributed by atoms with van der Waals surface area (Å²) in [5, 5.41) is 9.00. The zero-order valence-corrected chi connectivity index (χ0v) is 12.3. The zero-order chi connectivity index (χ0) is 14.8. The summed E-state index contributed by atoms with van der Waals surface area (Å²) >= 11 is 0. The molecule has 0 bridgehead atoms. The van der Waals surface area contributed by atoms with Gasteiger partial charge >= 0.3 is 5.97 Å². The monoisotopic (exact) mass is 297 g/mol. The number of carbonyl (C=O) groups is 1. The van der Waals surface area contributed by atoms with Gasteiger partial charge in [-0.25, -0.2) is 8.42 Å². The van der Waals surface area contributed by atoms with Gasteiger partial charge in [0.15, 0.2) is 0 Å². The maximum absolute atomic E-state index is 12.7. The van der Waals surface area contributed by atoms with E-state index in [2.05, 4.69) is 0 Å². The van der Waals surface area contributed by atoms with Crippen LogP contribution in [0.3, 0.4) is 0 Å². The average Bonchev–Trinajstić information content (AvgIpc) is 2.89. The minimum atomic E-state index is -3.75. The molecule has 20 heavy (non-hydrogen) atoms. The molecular weight excluding hydrogens is 278 g/mol. The van der Waals surface area contributed by atoms with Crippen molar-refractivity contribution in [1.82, 2.24) is 4.31 Å². The van der Waals surface area contributed by atoms with Crippen LogP contribution in [0, 0.1) is 6.92 Å². The lowest BCUT2D eigenvalue weighted by Crippen LogP contribution is -2.42. The Morgan fingerprint density at radius 2 is 2.00 bits per heavy atom. The molecule has 0 atom stereocenters. The molecule has 0 amide bonds. The largest absolute Gasteiger partial charge is 0.480 e. The van der Waals surface area contributed by atoms with Crippen LogP contribution in [0.25, 0.3) is 0 Å². The van der Waals surface area contributed by atoms with E-state index < -0.39 is 22.5 Å². The van der Waals surface area contributed by atoms with Gasteiger partial charge in [0.05, 0.1) is 4.90 Å². The molecule has 0 aliphatic heterocycles. The number of sulfonamides is 1. The fourth-order valence-electron chi connectivity index (χ4n) is 2.65. The van der Waals surface area contributed by atoms with Gasteiger partial charge in [-0.3, -0.25) is 4.79 Å². The molecule has 0 saturated heterocycles. The second-order valence-electron chi connectivity index (χ2n) is 5.20. The van der Waals surface area contributed by atoms with Crippen molar-refractivity contribution in [2.24, 2.45) is 0 Å². The number of carboxylic acids is 1. The summed E-state index contributed by atoms with van der Waals surface area (Å²) in [6.07, 6.45) is 3.37. The van der Waals surface area contributed by atoms with E-state index >= 15 is 0 Å². The normalized spacial score (nSPS) is 16.7. The highest BCUT2D eigenvalue weighted by Gasteiger charge is 2.34. The van der Waals surface area contributed by atoms with Crippen molar-refractivity contribution in [2.45, 2.75) is 43.5 Å². The molecule has 1 saturated carbocycles. The summed E-state index contributed by atoms with van der Waals surface area (Å²) in [5.74, 6) is -1.12. The SMILES string of the molecule is Cc1cccc(S(=O)(=O)N(CC(=O)O)C2CCCC2)c1. The lowest BCUT2D eigenvalue weighted by molar-refractivity contribution is -0.137. The van der Waals surface area contributed by atoms with Crippen molar-refractivity contribution in [3.8, 4) is 0 Å². The van der Waals surface area contributed by atoms with Gasteiger partial charge in [-0.05, 0) is 37.5 Å². The van der Waals surface area contributed by atoms with Gasteiger partial charge in [0.1, 0.15) is 6.54 Å². The van der Waals surface area contributed by atoms with Gasteiger partial charge in [0, 0.05) is 6.04 Å². The van der Waals surface area contributed by atoms with E-state index in [1.165, 1.54) is 6.07 Å². The van der Waals surface area contributed by atoms with Crippen molar-refractivity contribution >= 4 is 16.0 Å². The smallest absolute Gasteiger partial charge is 0.318 e. The van der Waals surface area contributed by atoms with Gasteiger partial charge in [0.2, 0.25) is 10.0 Å². The van der Waals surface area contributed by atoms with Crippen LogP contribution < -0.4 is 0 Å². The third-order valence-corrected chi connectivity index (χ3v) is 5.51. The predicted molar refractivity (Wildman–Crippen MR) is 75.0 cm³/mol. The number of rotatable bonds is 5. The highest BCUT2D eigenvalue weighted by molar-refractivity contribution is 7.89. The summed E-state index contributed by atoms with van der Waals surface area (Å²) in [7, 11) is -3.75. The number of nitrogens with zero attached hydrogens (tertiary/aromatic N) is 1. The van der Waals surface area contributed by atoms with E-state index in [0.717, 1.165) is 35.6 Å². The standard InChI is InChI=1S/C14H19NO4S/c1-11-5-4-8-13(9-11)20(18,19)15(10-14(16)17)12-6-2-3-7-12/h4-5,8-9,12H,2-3,6-7,10H2,1H3,(H,16,17). The van der Waals surface area contributed by atoms with E-state index in [4.69, 9.17) is 5.11 Å². The fourth-order valence-corrected chi connectivity index (χ4v) is 4.39. The van der Waals surface area contributed by atoms with Gasteiger partial charge in [0.25, 0.3) is 0 Å². The molecule has 0 aromatic heterocycles. The summed E-state index contributed by atoms with van der Waals surface area (Å²) in [4.78, 5) is 11.2. The Bertz CT molecular complexity index is 591. The molecule has 110 valence electrons. The van der Waals surface area contributed by atoms with Crippen molar-refractivity contribution in [2.75, 3.05) is 6.54 Å². The Hall–Kier alpha value is -1.40. The Balaban J connectivity index is 2.37. The molecule has 5 nitrogen and oxygen atoms in total. The molecule has 0 heterocycles. The molecule has 0 unspecified atom stereocenters. The van der Waals surface area contributed by atoms with Gasteiger partial charge < -0.3 is 5.11 Å². The van der Waals surface area contributed by atoms with E-state index in [9.17, 15) is 13.2 Å². The lowest BCUT2D eigenvalue weighted by atomic mass is 10.2. The number of aryl methyl sites for hydroxylation is 1.